The van der Waals surface area contributed by atoms with E-state index in [1.165, 1.54) is 0 Å². The summed E-state index contributed by atoms with van der Waals surface area (Å²) in [7, 11) is 0. The Morgan fingerprint density at radius 2 is 2.08 bits per heavy atom. The highest BCUT2D eigenvalue weighted by Crippen LogP contribution is 2.31. The summed E-state index contributed by atoms with van der Waals surface area (Å²) in [6, 6.07) is 10.1. The minimum atomic E-state index is -0.388. The Labute approximate surface area is 78.3 Å². The van der Waals surface area contributed by atoms with Crippen LogP contribution in [-0.4, -0.2) is 6.61 Å². The first-order valence-corrected chi connectivity index (χ1v) is 4.38. The largest absolute Gasteiger partial charge is 0.358 e. The Kier molecular flexibility index (Phi) is 2.03. The zero-order chi connectivity index (χ0) is 9.15. The molecule has 0 aliphatic carbocycles. The summed E-state index contributed by atoms with van der Waals surface area (Å²) in [5.41, 5.74) is 0.750. The molecule has 0 radical (unpaired) electrons. The van der Waals surface area contributed by atoms with E-state index in [9.17, 15) is 0 Å². The van der Waals surface area contributed by atoms with Gasteiger partial charge in [0.15, 0.2) is 0 Å². The summed E-state index contributed by atoms with van der Waals surface area (Å²) in [4.78, 5) is 0. The van der Waals surface area contributed by atoms with Crippen LogP contribution in [0.1, 0.15) is 5.56 Å². The van der Waals surface area contributed by atoms with Crippen molar-refractivity contribution in [2.24, 2.45) is 0 Å². The van der Waals surface area contributed by atoms with Crippen molar-refractivity contribution < 1.29 is 4.74 Å². The molecule has 0 N–H and O–H groups in total. The molecule has 0 spiro atoms. The molecule has 1 nitrogen and oxygen atoms in total. The lowest BCUT2D eigenvalue weighted by atomic mass is 9.94. The van der Waals surface area contributed by atoms with Gasteiger partial charge in [-0.1, -0.05) is 49.1 Å². The van der Waals surface area contributed by atoms with E-state index in [0.29, 0.717) is 6.61 Å². The van der Waals surface area contributed by atoms with E-state index in [2.05, 4.69) is 24.8 Å². The van der Waals surface area contributed by atoms with Crippen molar-refractivity contribution in [3.05, 3.63) is 60.7 Å². The van der Waals surface area contributed by atoms with Crippen LogP contribution in [0.4, 0.5) is 0 Å². The summed E-state index contributed by atoms with van der Waals surface area (Å²) in [6.45, 7) is 4.48. The smallest absolute Gasteiger partial charge is 0.130 e. The van der Waals surface area contributed by atoms with E-state index < -0.39 is 0 Å². The van der Waals surface area contributed by atoms with Crippen molar-refractivity contribution in [1.29, 1.82) is 0 Å². The quantitative estimate of drug-likeness (QED) is 0.623. The summed E-state index contributed by atoms with van der Waals surface area (Å²) in [5, 5.41) is 0. The summed E-state index contributed by atoms with van der Waals surface area (Å²) in [5.74, 6) is 0. The average Bonchev–Trinajstić information content (AvgIpc) is 2.69. The highest BCUT2D eigenvalue weighted by atomic mass is 16.5. The van der Waals surface area contributed by atoms with Gasteiger partial charge in [-0.2, -0.15) is 0 Å². The zero-order valence-electron chi connectivity index (χ0n) is 7.44. The van der Waals surface area contributed by atoms with Crippen molar-refractivity contribution in [1.82, 2.24) is 0 Å². The fraction of sp³-hybridized carbons (Fsp3) is 0.167. The molecule has 1 aliphatic heterocycles. The first-order valence-electron chi connectivity index (χ1n) is 4.38. The van der Waals surface area contributed by atoms with E-state index in [0.717, 1.165) is 5.56 Å². The van der Waals surface area contributed by atoms with E-state index in [4.69, 9.17) is 4.74 Å². The van der Waals surface area contributed by atoms with Crippen LogP contribution in [0, 0.1) is 0 Å². The minimum Gasteiger partial charge on any atom is -0.358 e. The van der Waals surface area contributed by atoms with Crippen LogP contribution in [0.2, 0.25) is 0 Å². The number of rotatable bonds is 2. The van der Waals surface area contributed by atoms with Gasteiger partial charge in [-0.05, 0) is 11.6 Å². The molecule has 0 saturated heterocycles. The Hall–Kier alpha value is -1.34. The van der Waals surface area contributed by atoms with E-state index in [1.54, 1.807) is 0 Å². The molecule has 1 heteroatoms. The van der Waals surface area contributed by atoms with Crippen LogP contribution in [-0.2, 0) is 10.3 Å². The monoisotopic (exact) mass is 172 g/mol. The van der Waals surface area contributed by atoms with Crippen molar-refractivity contribution in [2.75, 3.05) is 6.61 Å². The lowest BCUT2D eigenvalue weighted by molar-refractivity contribution is 0.0641. The standard InChI is InChI=1S/C12H12O/c1-2-12(9-6-10-13-12)11-7-4-3-5-8-11/h2-9H,1,10H2/t12-/m1/s1. The lowest BCUT2D eigenvalue weighted by Gasteiger charge is -2.23. The second kappa shape index (κ2) is 3.19. The minimum absolute atomic E-state index is 0.388. The van der Waals surface area contributed by atoms with E-state index in [1.807, 2.05) is 30.4 Å². The lowest BCUT2D eigenvalue weighted by Crippen LogP contribution is -2.20. The maximum absolute atomic E-state index is 5.65. The van der Waals surface area contributed by atoms with Gasteiger partial charge >= 0.3 is 0 Å². The van der Waals surface area contributed by atoms with Crippen molar-refractivity contribution >= 4 is 0 Å². The fourth-order valence-electron chi connectivity index (χ4n) is 1.58. The zero-order valence-corrected chi connectivity index (χ0v) is 7.44. The summed E-state index contributed by atoms with van der Waals surface area (Å²) >= 11 is 0. The predicted molar refractivity (Wildman–Crippen MR) is 53.4 cm³/mol. The predicted octanol–water partition coefficient (Wildman–Crippen LogP) is 2.65. The second-order valence-corrected chi connectivity index (χ2v) is 3.08. The molecule has 2 rings (SSSR count). The Morgan fingerprint density at radius 3 is 2.62 bits per heavy atom. The Balaban J connectivity index is 2.43. The van der Waals surface area contributed by atoms with Gasteiger partial charge in [0, 0.05) is 0 Å². The second-order valence-electron chi connectivity index (χ2n) is 3.08. The van der Waals surface area contributed by atoms with Crippen LogP contribution in [0.5, 0.6) is 0 Å². The Morgan fingerprint density at radius 1 is 1.31 bits per heavy atom. The SMILES string of the molecule is C=C[C@]1(c2ccccc2)C=CCO1. The molecule has 1 atom stereocenters. The number of hydrogen-bond donors (Lipinski definition) is 0. The third-order valence-corrected chi connectivity index (χ3v) is 2.31. The molecule has 1 aromatic carbocycles. The van der Waals surface area contributed by atoms with Crippen LogP contribution in [0.3, 0.4) is 0 Å². The molecule has 13 heavy (non-hydrogen) atoms. The van der Waals surface area contributed by atoms with Crippen molar-refractivity contribution in [2.45, 2.75) is 5.60 Å². The molecule has 0 aromatic heterocycles. The van der Waals surface area contributed by atoms with E-state index in [-0.39, 0.29) is 5.60 Å². The normalized spacial score (nSPS) is 26.2. The number of benzene rings is 1. The van der Waals surface area contributed by atoms with E-state index >= 15 is 0 Å². The topological polar surface area (TPSA) is 9.23 Å². The van der Waals surface area contributed by atoms with Crippen LogP contribution in [0.25, 0.3) is 0 Å². The highest BCUT2D eigenvalue weighted by Gasteiger charge is 2.28. The summed E-state index contributed by atoms with van der Waals surface area (Å²) in [6.07, 6.45) is 5.91. The van der Waals surface area contributed by atoms with Gasteiger partial charge in [-0.15, -0.1) is 0 Å². The third-order valence-electron chi connectivity index (χ3n) is 2.31. The van der Waals surface area contributed by atoms with Crippen molar-refractivity contribution in [3.63, 3.8) is 0 Å². The van der Waals surface area contributed by atoms with Crippen LogP contribution in [0.15, 0.2) is 55.1 Å². The van der Waals surface area contributed by atoms with Gasteiger partial charge in [0.1, 0.15) is 5.60 Å². The average molecular weight is 172 g/mol. The first-order chi connectivity index (χ1) is 6.37. The molecule has 1 aromatic rings. The molecule has 0 amide bonds. The highest BCUT2D eigenvalue weighted by molar-refractivity contribution is 5.34. The molecule has 0 unspecified atom stereocenters. The molecule has 66 valence electrons. The molecule has 0 bridgehead atoms. The van der Waals surface area contributed by atoms with Gasteiger partial charge in [-0.3, -0.25) is 0 Å². The molecular weight excluding hydrogens is 160 g/mol. The van der Waals surface area contributed by atoms with Gasteiger partial charge in [0.25, 0.3) is 0 Å². The molecule has 1 aliphatic rings. The molecule has 1 heterocycles. The van der Waals surface area contributed by atoms with Crippen LogP contribution >= 0.6 is 0 Å². The molecule has 0 saturated carbocycles. The van der Waals surface area contributed by atoms with Gasteiger partial charge in [0.2, 0.25) is 0 Å². The third kappa shape index (κ3) is 1.31. The van der Waals surface area contributed by atoms with Gasteiger partial charge < -0.3 is 4.74 Å². The maximum Gasteiger partial charge on any atom is 0.130 e. The summed E-state index contributed by atoms with van der Waals surface area (Å²) < 4.78 is 5.65. The fourth-order valence-corrected chi connectivity index (χ4v) is 1.58. The van der Waals surface area contributed by atoms with Crippen LogP contribution < -0.4 is 0 Å². The first kappa shape index (κ1) is 8.27. The van der Waals surface area contributed by atoms with Gasteiger partial charge in [-0.25, -0.2) is 0 Å². The van der Waals surface area contributed by atoms with Gasteiger partial charge in [0.05, 0.1) is 6.61 Å². The maximum atomic E-state index is 5.65. The Bertz CT molecular complexity index is 326. The molecule has 0 fully saturated rings. The van der Waals surface area contributed by atoms with Crippen molar-refractivity contribution in [3.8, 4) is 0 Å². The number of ether oxygens (including phenoxy) is 1. The number of hydrogen-bond acceptors (Lipinski definition) is 1. The molecular formula is C12H12O.